The molecule has 12 heavy (non-hydrogen) atoms. The Hall–Kier alpha value is -0.340. The highest BCUT2D eigenvalue weighted by Crippen LogP contribution is 2.18. The Kier molecular flexibility index (Phi) is 4.33. The predicted octanol–water partition coefficient (Wildman–Crippen LogP) is 1.85. The summed E-state index contributed by atoms with van der Waals surface area (Å²) in [6, 6.07) is 0.132. The molecule has 0 heterocycles. The van der Waals surface area contributed by atoms with Crippen molar-refractivity contribution in [2.75, 3.05) is 13.7 Å². The van der Waals surface area contributed by atoms with E-state index >= 15 is 0 Å². The molecule has 0 radical (unpaired) electrons. The third-order valence-corrected chi connectivity index (χ3v) is 2.40. The van der Waals surface area contributed by atoms with Gasteiger partial charge in [0.2, 0.25) is 0 Å². The molecule has 0 saturated heterocycles. The fourth-order valence-corrected chi connectivity index (χ4v) is 1.66. The number of nitrogens with two attached hydrogens (primary N) is 1. The molecule has 2 heteroatoms. The van der Waals surface area contributed by atoms with E-state index in [4.69, 9.17) is 10.5 Å². The van der Waals surface area contributed by atoms with Gasteiger partial charge in [-0.15, -0.1) is 0 Å². The van der Waals surface area contributed by atoms with Crippen molar-refractivity contribution in [2.24, 2.45) is 5.73 Å². The summed E-state index contributed by atoms with van der Waals surface area (Å²) in [4.78, 5) is 0. The first-order valence-electron chi connectivity index (χ1n) is 4.78. The average molecular weight is 169 g/mol. The molecule has 0 bridgehead atoms. The van der Waals surface area contributed by atoms with Crippen LogP contribution in [0, 0.1) is 0 Å². The maximum absolute atomic E-state index is 5.94. The number of methoxy groups -OCH3 is 1. The van der Waals surface area contributed by atoms with Crippen molar-refractivity contribution < 1.29 is 4.74 Å². The number of allylic oxidation sites excluding steroid dienone is 1. The number of hydrogen-bond donors (Lipinski definition) is 1. The fourth-order valence-electron chi connectivity index (χ4n) is 1.66. The van der Waals surface area contributed by atoms with Crippen LogP contribution in [-0.2, 0) is 4.74 Å². The van der Waals surface area contributed by atoms with Crippen molar-refractivity contribution in [3.8, 4) is 0 Å². The summed E-state index contributed by atoms with van der Waals surface area (Å²) in [6.45, 7) is 0.659. The lowest BCUT2D eigenvalue weighted by atomic mass is 10.0. The van der Waals surface area contributed by atoms with E-state index in [1.807, 2.05) is 0 Å². The van der Waals surface area contributed by atoms with Crippen LogP contribution in [0.25, 0.3) is 0 Å². The van der Waals surface area contributed by atoms with E-state index in [0.29, 0.717) is 6.61 Å². The van der Waals surface area contributed by atoms with Crippen LogP contribution in [0.15, 0.2) is 11.6 Å². The Morgan fingerprint density at radius 2 is 2.33 bits per heavy atom. The van der Waals surface area contributed by atoms with E-state index in [9.17, 15) is 0 Å². The van der Waals surface area contributed by atoms with Gasteiger partial charge >= 0.3 is 0 Å². The van der Waals surface area contributed by atoms with E-state index in [2.05, 4.69) is 6.08 Å². The SMILES string of the molecule is COCC(N)C1=CCCCCC1. The average Bonchev–Trinajstić information content (AvgIpc) is 2.32. The molecule has 1 aliphatic carbocycles. The van der Waals surface area contributed by atoms with E-state index in [0.717, 1.165) is 0 Å². The molecule has 2 N–H and O–H groups in total. The molecular weight excluding hydrogens is 150 g/mol. The summed E-state index contributed by atoms with van der Waals surface area (Å²) < 4.78 is 5.03. The van der Waals surface area contributed by atoms with Gasteiger partial charge in [0, 0.05) is 13.2 Å². The Bertz CT molecular complexity index is 154. The first kappa shape index (κ1) is 9.75. The second-order valence-electron chi connectivity index (χ2n) is 3.44. The molecule has 0 aromatic carbocycles. The molecule has 0 aromatic heterocycles. The van der Waals surface area contributed by atoms with Crippen LogP contribution in [0.2, 0.25) is 0 Å². The van der Waals surface area contributed by atoms with Crippen molar-refractivity contribution in [1.29, 1.82) is 0 Å². The van der Waals surface area contributed by atoms with Crippen LogP contribution in [-0.4, -0.2) is 19.8 Å². The van der Waals surface area contributed by atoms with Crippen LogP contribution in [0.4, 0.5) is 0 Å². The summed E-state index contributed by atoms with van der Waals surface area (Å²) >= 11 is 0. The first-order chi connectivity index (χ1) is 5.84. The Morgan fingerprint density at radius 3 is 3.08 bits per heavy atom. The van der Waals surface area contributed by atoms with Crippen molar-refractivity contribution in [2.45, 2.75) is 38.1 Å². The van der Waals surface area contributed by atoms with E-state index < -0.39 is 0 Å². The van der Waals surface area contributed by atoms with Gasteiger partial charge < -0.3 is 10.5 Å². The molecule has 0 aliphatic heterocycles. The van der Waals surface area contributed by atoms with Crippen molar-refractivity contribution >= 4 is 0 Å². The molecule has 0 fully saturated rings. The van der Waals surface area contributed by atoms with E-state index in [-0.39, 0.29) is 6.04 Å². The van der Waals surface area contributed by atoms with E-state index in [1.54, 1.807) is 7.11 Å². The van der Waals surface area contributed by atoms with Gasteiger partial charge in [-0.2, -0.15) is 0 Å². The van der Waals surface area contributed by atoms with Crippen LogP contribution < -0.4 is 5.73 Å². The smallest absolute Gasteiger partial charge is 0.0652 e. The molecule has 1 rings (SSSR count). The van der Waals surface area contributed by atoms with Gasteiger partial charge in [0.15, 0.2) is 0 Å². The van der Waals surface area contributed by atoms with Gasteiger partial charge in [0.25, 0.3) is 0 Å². The summed E-state index contributed by atoms with van der Waals surface area (Å²) in [6.07, 6.45) is 8.64. The second kappa shape index (κ2) is 5.33. The van der Waals surface area contributed by atoms with E-state index in [1.165, 1.54) is 37.7 Å². The van der Waals surface area contributed by atoms with Gasteiger partial charge in [0.05, 0.1) is 6.61 Å². The number of hydrogen-bond acceptors (Lipinski definition) is 2. The number of ether oxygens (including phenoxy) is 1. The molecule has 0 aromatic rings. The Labute approximate surface area is 74.8 Å². The predicted molar refractivity (Wildman–Crippen MR) is 51.0 cm³/mol. The zero-order chi connectivity index (χ0) is 8.81. The van der Waals surface area contributed by atoms with Crippen molar-refractivity contribution in [3.63, 3.8) is 0 Å². The van der Waals surface area contributed by atoms with Gasteiger partial charge in [-0.05, 0) is 25.7 Å². The monoisotopic (exact) mass is 169 g/mol. The van der Waals surface area contributed by atoms with Gasteiger partial charge in [-0.1, -0.05) is 18.1 Å². The van der Waals surface area contributed by atoms with Crippen molar-refractivity contribution in [3.05, 3.63) is 11.6 Å². The standard InChI is InChI=1S/C10H19NO/c1-12-8-10(11)9-6-4-2-3-5-7-9/h6,10H,2-5,7-8,11H2,1H3. The molecule has 0 spiro atoms. The summed E-state index contributed by atoms with van der Waals surface area (Å²) in [5, 5.41) is 0. The summed E-state index contributed by atoms with van der Waals surface area (Å²) in [7, 11) is 1.71. The van der Waals surface area contributed by atoms with Gasteiger partial charge in [-0.3, -0.25) is 0 Å². The summed E-state index contributed by atoms with van der Waals surface area (Å²) in [5.74, 6) is 0. The number of rotatable bonds is 3. The minimum absolute atomic E-state index is 0.132. The lowest BCUT2D eigenvalue weighted by molar-refractivity contribution is 0.188. The zero-order valence-electron chi connectivity index (χ0n) is 7.88. The molecule has 1 aliphatic rings. The van der Waals surface area contributed by atoms with Gasteiger partial charge in [0.1, 0.15) is 0 Å². The Balaban J connectivity index is 2.41. The van der Waals surface area contributed by atoms with Crippen molar-refractivity contribution in [1.82, 2.24) is 0 Å². The maximum atomic E-state index is 5.94. The highest BCUT2D eigenvalue weighted by molar-refractivity contribution is 5.11. The van der Waals surface area contributed by atoms with Crippen LogP contribution in [0.3, 0.4) is 0 Å². The van der Waals surface area contributed by atoms with Crippen LogP contribution in [0.5, 0.6) is 0 Å². The minimum atomic E-state index is 0.132. The normalized spacial score (nSPS) is 21.3. The van der Waals surface area contributed by atoms with Gasteiger partial charge in [-0.25, -0.2) is 0 Å². The Morgan fingerprint density at radius 1 is 1.50 bits per heavy atom. The molecule has 0 amide bonds. The molecule has 2 nitrogen and oxygen atoms in total. The molecule has 1 atom stereocenters. The molecule has 1 unspecified atom stereocenters. The zero-order valence-corrected chi connectivity index (χ0v) is 7.88. The maximum Gasteiger partial charge on any atom is 0.0652 e. The highest BCUT2D eigenvalue weighted by Gasteiger charge is 2.10. The molecular formula is C10H19NO. The minimum Gasteiger partial charge on any atom is -0.383 e. The second-order valence-corrected chi connectivity index (χ2v) is 3.44. The van der Waals surface area contributed by atoms with Crippen LogP contribution >= 0.6 is 0 Å². The highest BCUT2D eigenvalue weighted by atomic mass is 16.5. The lowest BCUT2D eigenvalue weighted by Crippen LogP contribution is -2.27. The third kappa shape index (κ3) is 2.95. The molecule has 70 valence electrons. The third-order valence-electron chi connectivity index (χ3n) is 2.40. The summed E-state index contributed by atoms with van der Waals surface area (Å²) in [5.41, 5.74) is 7.33. The quantitative estimate of drug-likeness (QED) is 0.654. The molecule has 0 saturated carbocycles. The topological polar surface area (TPSA) is 35.2 Å². The largest absolute Gasteiger partial charge is 0.383 e. The lowest BCUT2D eigenvalue weighted by Gasteiger charge is -2.13. The van der Waals surface area contributed by atoms with Crippen LogP contribution in [0.1, 0.15) is 32.1 Å². The fraction of sp³-hybridized carbons (Fsp3) is 0.800. The first-order valence-corrected chi connectivity index (χ1v) is 4.78.